The van der Waals surface area contributed by atoms with Crippen molar-refractivity contribution >= 4 is 0 Å². The topological polar surface area (TPSA) is 53.7 Å². The van der Waals surface area contributed by atoms with Gasteiger partial charge in [-0.25, -0.2) is 10.3 Å². The summed E-state index contributed by atoms with van der Waals surface area (Å²) >= 11 is 0. The van der Waals surface area contributed by atoms with Gasteiger partial charge in [0, 0.05) is 18.9 Å². The fourth-order valence-corrected chi connectivity index (χ4v) is 1.59. The molecule has 0 atom stereocenters. The van der Waals surface area contributed by atoms with Crippen LogP contribution in [-0.4, -0.2) is 19.8 Å². The van der Waals surface area contributed by atoms with Crippen LogP contribution in [0.4, 0.5) is 4.39 Å². The van der Waals surface area contributed by atoms with Crippen molar-refractivity contribution in [3.8, 4) is 11.5 Å². The Balaban J connectivity index is 2.24. The third kappa shape index (κ3) is 2.43. The molecule has 0 fully saturated rings. The third-order valence-electron chi connectivity index (χ3n) is 2.41. The van der Waals surface area contributed by atoms with Gasteiger partial charge in [0.25, 0.3) is 0 Å². The molecule has 1 heterocycles. The lowest BCUT2D eigenvalue weighted by atomic mass is 10.1. The number of hydrogen-bond acceptors (Lipinski definition) is 4. The molecule has 0 spiro atoms. The van der Waals surface area contributed by atoms with Crippen LogP contribution in [-0.2, 0) is 11.3 Å². The Morgan fingerprint density at radius 2 is 1.94 bits per heavy atom. The molecule has 2 N–H and O–H groups in total. The maximum atomic E-state index is 13.6. The number of nitrogens with two attached hydrogens (primary N) is 1. The van der Waals surface area contributed by atoms with Crippen molar-refractivity contribution in [3.05, 3.63) is 23.5 Å². The number of halogens is 1. The molecule has 1 aromatic carbocycles. The summed E-state index contributed by atoms with van der Waals surface area (Å²) in [6, 6.07) is 3.00. The zero-order valence-electron chi connectivity index (χ0n) is 8.87. The molecular formula is C11H14FNO3. The van der Waals surface area contributed by atoms with Crippen LogP contribution in [0.15, 0.2) is 12.1 Å². The largest absolute Gasteiger partial charge is 0.490 e. The van der Waals surface area contributed by atoms with Crippen LogP contribution in [0.3, 0.4) is 0 Å². The molecule has 5 heteroatoms. The minimum absolute atomic E-state index is 0.274. The lowest BCUT2D eigenvalue weighted by Crippen LogP contribution is -2.05. The van der Waals surface area contributed by atoms with Gasteiger partial charge in [-0.2, -0.15) is 0 Å². The summed E-state index contributed by atoms with van der Waals surface area (Å²) in [7, 11) is 0. The second kappa shape index (κ2) is 5.14. The number of rotatable bonds is 3. The van der Waals surface area contributed by atoms with Crippen LogP contribution < -0.4 is 15.4 Å². The molecule has 1 aromatic rings. The fraction of sp³-hybridized carbons (Fsp3) is 0.455. The van der Waals surface area contributed by atoms with Gasteiger partial charge in [-0.3, -0.25) is 0 Å². The van der Waals surface area contributed by atoms with Crippen LogP contribution in [0.2, 0.25) is 0 Å². The Kier molecular flexibility index (Phi) is 3.58. The van der Waals surface area contributed by atoms with Gasteiger partial charge < -0.3 is 14.3 Å². The van der Waals surface area contributed by atoms with E-state index in [1.54, 1.807) is 6.07 Å². The average molecular weight is 227 g/mol. The van der Waals surface area contributed by atoms with Crippen molar-refractivity contribution in [3.63, 3.8) is 0 Å². The number of benzene rings is 1. The Bertz CT molecular complexity index is 370. The Labute approximate surface area is 93.1 Å². The zero-order chi connectivity index (χ0) is 11.4. The summed E-state index contributed by atoms with van der Waals surface area (Å²) in [6.07, 6.45) is 1.22. The van der Waals surface area contributed by atoms with E-state index >= 15 is 0 Å². The van der Waals surface area contributed by atoms with Crippen LogP contribution in [0.5, 0.6) is 11.5 Å². The second-order valence-electron chi connectivity index (χ2n) is 3.56. The number of hydrogen-bond donors (Lipinski definition) is 1. The van der Waals surface area contributed by atoms with Gasteiger partial charge in [0.1, 0.15) is 5.82 Å². The molecule has 16 heavy (non-hydrogen) atoms. The molecule has 0 unspecified atom stereocenters. The molecule has 0 amide bonds. The van der Waals surface area contributed by atoms with Gasteiger partial charge in [-0.05, 0) is 11.6 Å². The molecule has 0 saturated carbocycles. The molecule has 0 aromatic heterocycles. The minimum atomic E-state index is -0.318. The van der Waals surface area contributed by atoms with E-state index in [1.807, 2.05) is 0 Å². The highest BCUT2D eigenvalue weighted by atomic mass is 19.1. The highest BCUT2D eigenvalue weighted by molar-refractivity contribution is 5.44. The molecule has 0 bridgehead atoms. The summed E-state index contributed by atoms with van der Waals surface area (Å²) in [5.74, 6) is 5.65. The lowest BCUT2D eigenvalue weighted by molar-refractivity contribution is 0.140. The molecular weight excluding hydrogens is 213 g/mol. The molecule has 0 saturated heterocycles. The normalized spacial score (nSPS) is 14.6. The van der Waals surface area contributed by atoms with Crippen LogP contribution in [0.25, 0.3) is 0 Å². The van der Waals surface area contributed by atoms with E-state index in [-0.39, 0.29) is 12.4 Å². The van der Waals surface area contributed by atoms with Crippen LogP contribution in [0.1, 0.15) is 12.0 Å². The lowest BCUT2D eigenvalue weighted by Gasteiger charge is -2.10. The van der Waals surface area contributed by atoms with Crippen molar-refractivity contribution in [1.29, 1.82) is 0 Å². The minimum Gasteiger partial charge on any atom is -0.490 e. The highest BCUT2D eigenvalue weighted by Crippen LogP contribution is 2.32. The summed E-state index contributed by atoms with van der Waals surface area (Å²) in [4.78, 5) is 4.43. The van der Waals surface area contributed by atoms with Crippen molar-refractivity contribution in [2.45, 2.75) is 12.8 Å². The van der Waals surface area contributed by atoms with Gasteiger partial charge in [0.15, 0.2) is 11.5 Å². The van der Waals surface area contributed by atoms with Gasteiger partial charge in [-0.15, -0.1) is 0 Å². The summed E-state index contributed by atoms with van der Waals surface area (Å²) in [5.41, 5.74) is 0.523. The Morgan fingerprint density at radius 1 is 1.25 bits per heavy atom. The monoisotopic (exact) mass is 227 g/mol. The van der Waals surface area contributed by atoms with Crippen LogP contribution >= 0.6 is 0 Å². The Morgan fingerprint density at radius 3 is 2.62 bits per heavy atom. The molecule has 2 rings (SSSR count). The molecule has 0 radical (unpaired) electrons. The molecule has 1 aliphatic rings. The number of fused-ring (bicyclic) bond motifs is 1. The first-order valence-electron chi connectivity index (χ1n) is 5.21. The van der Waals surface area contributed by atoms with E-state index in [0.29, 0.717) is 36.7 Å². The predicted octanol–water partition coefficient (Wildman–Crippen LogP) is 1.42. The quantitative estimate of drug-likeness (QED) is 0.793. The van der Waals surface area contributed by atoms with E-state index in [4.69, 9.17) is 15.4 Å². The standard InChI is InChI=1S/C11H14FNO3/c12-9-7-11-10(14-3-1-4-15-11)6-8(9)2-5-16-13/h6-7H,1-5,13H2. The molecule has 4 nitrogen and oxygen atoms in total. The number of ether oxygens (including phenoxy) is 2. The van der Waals surface area contributed by atoms with Gasteiger partial charge in [0.2, 0.25) is 0 Å². The summed E-state index contributed by atoms with van der Waals surface area (Å²) < 4.78 is 24.4. The van der Waals surface area contributed by atoms with E-state index < -0.39 is 0 Å². The van der Waals surface area contributed by atoms with E-state index in [2.05, 4.69) is 4.84 Å². The first-order valence-corrected chi connectivity index (χ1v) is 5.21. The van der Waals surface area contributed by atoms with E-state index in [0.717, 1.165) is 6.42 Å². The molecule has 88 valence electrons. The smallest absolute Gasteiger partial charge is 0.164 e. The van der Waals surface area contributed by atoms with Gasteiger partial charge in [0.05, 0.1) is 19.8 Å². The second-order valence-corrected chi connectivity index (χ2v) is 3.56. The summed E-state index contributed by atoms with van der Waals surface area (Å²) in [6.45, 7) is 1.42. The SMILES string of the molecule is NOCCc1cc2c(cc1F)OCCCO2. The van der Waals surface area contributed by atoms with Crippen LogP contribution in [0, 0.1) is 5.82 Å². The maximum Gasteiger partial charge on any atom is 0.164 e. The first-order chi connectivity index (χ1) is 7.81. The van der Waals surface area contributed by atoms with E-state index in [1.165, 1.54) is 6.07 Å². The Hall–Kier alpha value is -1.33. The molecule has 1 aliphatic heterocycles. The highest BCUT2D eigenvalue weighted by Gasteiger charge is 2.14. The fourth-order valence-electron chi connectivity index (χ4n) is 1.59. The third-order valence-corrected chi connectivity index (χ3v) is 2.41. The average Bonchev–Trinajstić information content (AvgIpc) is 2.50. The van der Waals surface area contributed by atoms with Crippen molar-refractivity contribution in [2.24, 2.45) is 5.90 Å². The molecule has 0 aliphatic carbocycles. The van der Waals surface area contributed by atoms with Gasteiger partial charge in [-0.1, -0.05) is 0 Å². The van der Waals surface area contributed by atoms with Crippen molar-refractivity contribution in [2.75, 3.05) is 19.8 Å². The maximum absolute atomic E-state index is 13.6. The first kappa shape index (κ1) is 11.2. The summed E-state index contributed by atoms with van der Waals surface area (Å²) in [5, 5.41) is 0. The zero-order valence-corrected chi connectivity index (χ0v) is 8.87. The van der Waals surface area contributed by atoms with Crippen molar-refractivity contribution < 1.29 is 18.7 Å². The van der Waals surface area contributed by atoms with Gasteiger partial charge >= 0.3 is 0 Å². The van der Waals surface area contributed by atoms with Crippen molar-refractivity contribution in [1.82, 2.24) is 0 Å². The predicted molar refractivity (Wildman–Crippen MR) is 55.9 cm³/mol. The van der Waals surface area contributed by atoms with E-state index in [9.17, 15) is 4.39 Å².